The molecule has 23 heavy (non-hydrogen) atoms. The molecule has 3 N–H and O–H groups in total. The van der Waals surface area contributed by atoms with E-state index in [0.29, 0.717) is 11.0 Å². The van der Waals surface area contributed by atoms with Crippen LogP contribution in [0.1, 0.15) is 39.5 Å². The average Bonchev–Trinajstić information content (AvgIpc) is 2.55. The molecule has 0 radical (unpaired) electrons. The van der Waals surface area contributed by atoms with Gasteiger partial charge in [-0.1, -0.05) is 45.2 Å². The van der Waals surface area contributed by atoms with Crippen LogP contribution in [0, 0.1) is 5.92 Å². The summed E-state index contributed by atoms with van der Waals surface area (Å²) in [4.78, 5) is 11.9. The molecule has 1 rings (SSSR count). The van der Waals surface area contributed by atoms with Gasteiger partial charge in [0.25, 0.3) is 0 Å². The summed E-state index contributed by atoms with van der Waals surface area (Å²) in [6.07, 6.45) is 4.81. The number of thiocarbonyl (C=S) groups is 1. The van der Waals surface area contributed by atoms with Gasteiger partial charge in [0.05, 0.1) is 12.2 Å². The summed E-state index contributed by atoms with van der Waals surface area (Å²) in [5.74, 6) is 0.503. The van der Waals surface area contributed by atoms with E-state index in [4.69, 9.17) is 12.2 Å². The second-order valence-electron chi connectivity index (χ2n) is 5.51. The summed E-state index contributed by atoms with van der Waals surface area (Å²) in [6.45, 7) is 5.41. The zero-order valence-electron chi connectivity index (χ0n) is 13.8. The SMILES string of the molecule is CCCC[C@H](CC)CNC(=S)NCC(=O)Nc1ccccc1Br. The lowest BCUT2D eigenvalue weighted by molar-refractivity contribution is -0.115. The summed E-state index contributed by atoms with van der Waals surface area (Å²) < 4.78 is 0.857. The van der Waals surface area contributed by atoms with E-state index in [0.717, 1.165) is 23.1 Å². The van der Waals surface area contributed by atoms with Gasteiger partial charge < -0.3 is 16.0 Å². The van der Waals surface area contributed by atoms with Crippen LogP contribution in [0.3, 0.4) is 0 Å². The number of amides is 1. The van der Waals surface area contributed by atoms with Crippen molar-refractivity contribution in [1.82, 2.24) is 10.6 Å². The van der Waals surface area contributed by atoms with Crippen molar-refractivity contribution < 1.29 is 4.79 Å². The topological polar surface area (TPSA) is 53.2 Å². The van der Waals surface area contributed by atoms with Crippen LogP contribution in [-0.4, -0.2) is 24.1 Å². The average molecular weight is 400 g/mol. The Hall–Kier alpha value is -1.14. The van der Waals surface area contributed by atoms with Gasteiger partial charge in [-0.2, -0.15) is 0 Å². The Labute approximate surface area is 152 Å². The van der Waals surface area contributed by atoms with E-state index >= 15 is 0 Å². The summed E-state index contributed by atoms with van der Waals surface area (Å²) in [6, 6.07) is 7.51. The molecule has 4 nitrogen and oxygen atoms in total. The fourth-order valence-corrected chi connectivity index (χ4v) is 2.70. The predicted octanol–water partition coefficient (Wildman–Crippen LogP) is 4.07. The molecule has 0 saturated carbocycles. The normalized spacial score (nSPS) is 11.6. The van der Waals surface area contributed by atoms with Crippen LogP contribution in [0.5, 0.6) is 0 Å². The Balaban J connectivity index is 2.27. The fraction of sp³-hybridized carbons (Fsp3) is 0.529. The van der Waals surface area contributed by atoms with Gasteiger partial charge in [0.15, 0.2) is 5.11 Å². The van der Waals surface area contributed by atoms with Gasteiger partial charge in [0.1, 0.15) is 0 Å². The Kier molecular flexibility index (Phi) is 9.87. The quantitative estimate of drug-likeness (QED) is 0.547. The van der Waals surface area contributed by atoms with Crippen molar-refractivity contribution in [3.63, 3.8) is 0 Å². The second kappa shape index (κ2) is 11.4. The molecule has 6 heteroatoms. The van der Waals surface area contributed by atoms with E-state index in [-0.39, 0.29) is 12.5 Å². The number of rotatable bonds is 9. The van der Waals surface area contributed by atoms with Crippen molar-refractivity contribution in [1.29, 1.82) is 0 Å². The van der Waals surface area contributed by atoms with E-state index < -0.39 is 0 Å². The van der Waals surface area contributed by atoms with Gasteiger partial charge in [-0.3, -0.25) is 4.79 Å². The number of anilines is 1. The smallest absolute Gasteiger partial charge is 0.243 e. The number of halogens is 1. The van der Waals surface area contributed by atoms with Crippen molar-refractivity contribution in [2.75, 3.05) is 18.4 Å². The largest absolute Gasteiger partial charge is 0.362 e. The van der Waals surface area contributed by atoms with Gasteiger partial charge in [-0.15, -0.1) is 0 Å². The Morgan fingerprint density at radius 1 is 1.26 bits per heavy atom. The van der Waals surface area contributed by atoms with E-state index in [2.05, 4.69) is 45.7 Å². The summed E-state index contributed by atoms with van der Waals surface area (Å²) in [5.41, 5.74) is 0.754. The summed E-state index contributed by atoms with van der Waals surface area (Å²) >= 11 is 8.63. The molecule has 0 fully saturated rings. The Morgan fingerprint density at radius 3 is 2.65 bits per heavy atom. The fourth-order valence-electron chi connectivity index (χ4n) is 2.16. The van der Waals surface area contributed by atoms with Crippen LogP contribution < -0.4 is 16.0 Å². The van der Waals surface area contributed by atoms with E-state index in [9.17, 15) is 4.79 Å². The molecule has 0 saturated heterocycles. The first-order valence-electron chi connectivity index (χ1n) is 8.12. The number of carbonyl (C=O) groups excluding carboxylic acids is 1. The van der Waals surface area contributed by atoms with Crippen LogP contribution in [-0.2, 0) is 4.79 Å². The first-order valence-corrected chi connectivity index (χ1v) is 9.33. The van der Waals surface area contributed by atoms with E-state index in [1.807, 2.05) is 24.3 Å². The lowest BCUT2D eigenvalue weighted by atomic mass is 9.99. The van der Waals surface area contributed by atoms with Crippen LogP contribution >= 0.6 is 28.1 Å². The van der Waals surface area contributed by atoms with Crippen LogP contribution in [0.15, 0.2) is 28.7 Å². The van der Waals surface area contributed by atoms with Crippen molar-refractivity contribution in [3.8, 4) is 0 Å². The number of unbranched alkanes of at least 4 members (excludes halogenated alkanes) is 1. The van der Waals surface area contributed by atoms with Crippen molar-refractivity contribution in [2.45, 2.75) is 39.5 Å². The molecule has 0 aliphatic rings. The third kappa shape index (κ3) is 8.32. The lowest BCUT2D eigenvalue weighted by Crippen LogP contribution is -2.41. The minimum absolute atomic E-state index is 0.126. The maximum atomic E-state index is 11.9. The maximum Gasteiger partial charge on any atom is 0.243 e. The highest BCUT2D eigenvalue weighted by Gasteiger charge is 2.08. The molecule has 1 aromatic carbocycles. The molecule has 0 aliphatic carbocycles. The van der Waals surface area contributed by atoms with Gasteiger partial charge in [-0.25, -0.2) is 0 Å². The Morgan fingerprint density at radius 2 is 2.00 bits per heavy atom. The molecular weight excluding hydrogens is 374 g/mol. The molecule has 0 unspecified atom stereocenters. The minimum atomic E-state index is -0.126. The van der Waals surface area contributed by atoms with Crippen LogP contribution in [0.4, 0.5) is 5.69 Å². The zero-order valence-corrected chi connectivity index (χ0v) is 16.2. The van der Waals surface area contributed by atoms with E-state index in [1.54, 1.807) is 0 Å². The molecule has 0 bridgehead atoms. The molecule has 0 aliphatic heterocycles. The highest BCUT2D eigenvalue weighted by Crippen LogP contribution is 2.20. The van der Waals surface area contributed by atoms with Gasteiger partial charge >= 0.3 is 0 Å². The van der Waals surface area contributed by atoms with Crippen molar-refractivity contribution in [3.05, 3.63) is 28.7 Å². The second-order valence-corrected chi connectivity index (χ2v) is 6.77. The first-order chi connectivity index (χ1) is 11.1. The molecular formula is C17H26BrN3OS. The molecule has 1 aromatic rings. The third-order valence-electron chi connectivity index (χ3n) is 3.65. The third-order valence-corrected chi connectivity index (χ3v) is 4.63. The van der Waals surface area contributed by atoms with Gasteiger partial charge in [-0.05, 0) is 52.6 Å². The minimum Gasteiger partial charge on any atom is -0.362 e. The number of benzene rings is 1. The zero-order chi connectivity index (χ0) is 17.1. The standard InChI is InChI=1S/C17H26BrN3OS/c1-3-5-8-13(4-2)11-19-17(23)20-12-16(22)21-15-10-7-6-9-14(15)18/h6-7,9-10,13H,3-5,8,11-12H2,1-2H3,(H,21,22)(H2,19,20,23)/t13-/m0/s1. The Bertz CT molecular complexity index is 510. The monoisotopic (exact) mass is 399 g/mol. The molecule has 1 atom stereocenters. The molecule has 0 aromatic heterocycles. The van der Waals surface area contributed by atoms with Crippen LogP contribution in [0.25, 0.3) is 0 Å². The summed E-state index contributed by atoms with van der Waals surface area (Å²) in [7, 11) is 0. The summed E-state index contributed by atoms with van der Waals surface area (Å²) in [5, 5.41) is 9.52. The number of para-hydroxylation sites is 1. The van der Waals surface area contributed by atoms with E-state index in [1.165, 1.54) is 19.3 Å². The van der Waals surface area contributed by atoms with Crippen molar-refractivity contribution >= 4 is 44.9 Å². The maximum absolute atomic E-state index is 11.9. The molecule has 0 spiro atoms. The molecule has 0 heterocycles. The lowest BCUT2D eigenvalue weighted by Gasteiger charge is -2.17. The number of carbonyl (C=O) groups is 1. The van der Waals surface area contributed by atoms with Gasteiger partial charge in [0, 0.05) is 11.0 Å². The molecule has 128 valence electrons. The highest BCUT2D eigenvalue weighted by molar-refractivity contribution is 9.10. The first kappa shape index (κ1) is 19.9. The highest BCUT2D eigenvalue weighted by atomic mass is 79.9. The number of nitrogens with one attached hydrogen (secondary N) is 3. The van der Waals surface area contributed by atoms with Gasteiger partial charge in [0.2, 0.25) is 5.91 Å². The number of hydrogen-bond acceptors (Lipinski definition) is 2. The molecule has 1 amide bonds. The predicted molar refractivity (Wildman–Crippen MR) is 105 cm³/mol. The number of hydrogen-bond donors (Lipinski definition) is 3. The van der Waals surface area contributed by atoms with Crippen LogP contribution in [0.2, 0.25) is 0 Å². The van der Waals surface area contributed by atoms with Crippen molar-refractivity contribution in [2.24, 2.45) is 5.92 Å².